The molecular weight excluding hydrogens is 242 g/mol. The number of carbonyl (C=O) groups is 1. The van der Waals surface area contributed by atoms with Crippen molar-refractivity contribution in [1.29, 1.82) is 0 Å². The normalized spacial score (nSPS) is 14.1. The smallest absolute Gasteiger partial charge is 0.342 e. The lowest BCUT2D eigenvalue weighted by Gasteiger charge is -2.19. The van der Waals surface area contributed by atoms with E-state index in [1.165, 1.54) is 7.05 Å². The molecule has 2 rings (SSSR count). The number of aromatic nitrogens is 1. The molecule has 0 spiro atoms. The van der Waals surface area contributed by atoms with E-state index in [0.29, 0.717) is 5.56 Å². The third-order valence-electron chi connectivity index (χ3n) is 2.75. The van der Waals surface area contributed by atoms with Crippen molar-refractivity contribution in [1.82, 2.24) is 4.98 Å². The molecule has 5 nitrogen and oxygen atoms in total. The van der Waals surface area contributed by atoms with E-state index in [0.717, 1.165) is 31.7 Å². The van der Waals surface area contributed by atoms with Crippen molar-refractivity contribution in [2.45, 2.75) is 32.8 Å². The molecule has 5 heteroatoms. The lowest BCUT2D eigenvalue weighted by atomic mass is 10.2. The summed E-state index contributed by atoms with van der Waals surface area (Å²) in [5.41, 5.74) is 5.07. The first kappa shape index (κ1) is 15.4. The Kier molecular flexibility index (Phi) is 6.29. The largest absolute Gasteiger partial charge is 0.459 e. The van der Waals surface area contributed by atoms with Crippen LogP contribution in [0.15, 0.2) is 18.3 Å². The van der Waals surface area contributed by atoms with Crippen molar-refractivity contribution < 1.29 is 9.53 Å². The van der Waals surface area contributed by atoms with Gasteiger partial charge in [0.2, 0.25) is 0 Å². The van der Waals surface area contributed by atoms with Crippen LogP contribution in [0.25, 0.3) is 0 Å². The number of hydrogen-bond acceptors (Lipinski definition) is 5. The minimum atomic E-state index is -0.282. The Bertz CT molecular complexity index is 401. The molecule has 2 N–H and O–H groups in total. The van der Waals surface area contributed by atoms with Crippen molar-refractivity contribution in [3.05, 3.63) is 23.9 Å². The Hall–Kier alpha value is -1.62. The Balaban J connectivity index is 0.000000861. The van der Waals surface area contributed by atoms with Gasteiger partial charge in [-0.1, -0.05) is 0 Å². The van der Waals surface area contributed by atoms with Crippen LogP contribution in [0.1, 0.15) is 37.0 Å². The lowest BCUT2D eigenvalue weighted by Crippen LogP contribution is -2.23. The quantitative estimate of drug-likeness (QED) is 0.844. The second-order valence-electron chi connectivity index (χ2n) is 4.52. The molecule has 106 valence electrons. The molecule has 0 aliphatic carbocycles. The molecule has 0 unspecified atom stereocenters. The average Bonchev–Trinajstić information content (AvgIpc) is 2.94. The van der Waals surface area contributed by atoms with E-state index in [1.54, 1.807) is 18.3 Å². The SMILES string of the molecule is CC(C)OC(=O)c1cccnc1N1CCCC1.CN. The van der Waals surface area contributed by atoms with Crippen LogP contribution in [0.2, 0.25) is 0 Å². The number of rotatable bonds is 3. The van der Waals surface area contributed by atoms with Crippen molar-refractivity contribution in [2.24, 2.45) is 5.73 Å². The second-order valence-corrected chi connectivity index (χ2v) is 4.52. The van der Waals surface area contributed by atoms with Crippen molar-refractivity contribution in [3.8, 4) is 0 Å². The third kappa shape index (κ3) is 4.21. The van der Waals surface area contributed by atoms with Gasteiger partial charge in [0, 0.05) is 19.3 Å². The van der Waals surface area contributed by atoms with Gasteiger partial charge in [-0.3, -0.25) is 0 Å². The van der Waals surface area contributed by atoms with Crippen LogP contribution < -0.4 is 10.6 Å². The highest BCUT2D eigenvalue weighted by atomic mass is 16.5. The van der Waals surface area contributed by atoms with E-state index < -0.39 is 0 Å². The van der Waals surface area contributed by atoms with Crippen LogP contribution in [0, 0.1) is 0 Å². The highest BCUT2D eigenvalue weighted by Gasteiger charge is 2.21. The van der Waals surface area contributed by atoms with E-state index in [2.05, 4.69) is 15.6 Å². The Labute approximate surface area is 114 Å². The number of esters is 1. The van der Waals surface area contributed by atoms with Gasteiger partial charge in [-0.15, -0.1) is 0 Å². The van der Waals surface area contributed by atoms with Crippen LogP contribution in [0.5, 0.6) is 0 Å². The Morgan fingerprint density at radius 3 is 2.58 bits per heavy atom. The zero-order chi connectivity index (χ0) is 14.3. The fraction of sp³-hybridized carbons (Fsp3) is 0.571. The number of anilines is 1. The van der Waals surface area contributed by atoms with Gasteiger partial charge in [-0.05, 0) is 45.9 Å². The number of hydrogen-bond donors (Lipinski definition) is 1. The average molecular weight is 265 g/mol. The van der Waals surface area contributed by atoms with Gasteiger partial charge >= 0.3 is 5.97 Å². The summed E-state index contributed by atoms with van der Waals surface area (Å²) in [4.78, 5) is 18.4. The predicted octanol–water partition coefficient (Wildman–Crippen LogP) is 1.82. The van der Waals surface area contributed by atoms with Gasteiger partial charge in [0.05, 0.1) is 6.10 Å². The zero-order valence-electron chi connectivity index (χ0n) is 11.9. The van der Waals surface area contributed by atoms with E-state index in [4.69, 9.17) is 4.74 Å². The fourth-order valence-electron chi connectivity index (χ4n) is 2.01. The maximum absolute atomic E-state index is 11.9. The molecule has 1 aliphatic rings. The summed E-state index contributed by atoms with van der Waals surface area (Å²) in [6, 6.07) is 3.56. The van der Waals surface area contributed by atoms with E-state index in [-0.39, 0.29) is 12.1 Å². The number of nitrogens with zero attached hydrogens (tertiary/aromatic N) is 2. The molecule has 0 saturated carbocycles. The molecule has 0 atom stereocenters. The number of pyridine rings is 1. The van der Waals surface area contributed by atoms with E-state index >= 15 is 0 Å². The molecule has 0 radical (unpaired) electrons. The van der Waals surface area contributed by atoms with Gasteiger partial charge in [0.15, 0.2) is 0 Å². The Morgan fingerprint density at radius 2 is 2.00 bits per heavy atom. The summed E-state index contributed by atoms with van der Waals surface area (Å²) in [7, 11) is 1.50. The van der Waals surface area contributed by atoms with Crippen LogP contribution in [-0.2, 0) is 4.74 Å². The fourth-order valence-corrected chi connectivity index (χ4v) is 2.01. The first-order valence-electron chi connectivity index (χ1n) is 6.67. The molecule has 0 amide bonds. The monoisotopic (exact) mass is 265 g/mol. The summed E-state index contributed by atoms with van der Waals surface area (Å²) in [6.45, 7) is 5.64. The highest BCUT2D eigenvalue weighted by molar-refractivity contribution is 5.94. The molecule has 19 heavy (non-hydrogen) atoms. The third-order valence-corrected chi connectivity index (χ3v) is 2.75. The van der Waals surface area contributed by atoms with Crippen LogP contribution >= 0.6 is 0 Å². The first-order valence-corrected chi connectivity index (χ1v) is 6.67. The van der Waals surface area contributed by atoms with E-state index in [9.17, 15) is 4.79 Å². The van der Waals surface area contributed by atoms with Crippen LogP contribution in [0.4, 0.5) is 5.82 Å². The van der Waals surface area contributed by atoms with E-state index in [1.807, 2.05) is 13.8 Å². The summed E-state index contributed by atoms with van der Waals surface area (Å²) in [5, 5.41) is 0. The summed E-state index contributed by atoms with van der Waals surface area (Å²) in [6.07, 6.45) is 3.94. The van der Waals surface area contributed by atoms with Gasteiger partial charge in [-0.2, -0.15) is 0 Å². The van der Waals surface area contributed by atoms with Crippen molar-refractivity contribution in [2.75, 3.05) is 25.0 Å². The summed E-state index contributed by atoms with van der Waals surface area (Å²) < 4.78 is 5.23. The maximum atomic E-state index is 11.9. The summed E-state index contributed by atoms with van der Waals surface area (Å²) in [5.74, 6) is 0.477. The van der Waals surface area contributed by atoms with Crippen LogP contribution in [-0.4, -0.2) is 37.2 Å². The topological polar surface area (TPSA) is 68.5 Å². The van der Waals surface area contributed by atoms with Crippen molar-refractivity contribution in [3.63, 3.8) is 0 Å². The van der Waals surface area contributed by atoms with Crippen molar-refractivity contribution >= 4 is 11.8 Å². The number of carbonyl (C=O) groups excluding carboxylic acids is 1. The minimum absolute atomic E-state index is 0.103. The molecular formula is C14H23N3O2. The summed E-state index contributed by atoms with van der Waals surface area (Å²) >= 11 is 0. The predicted molar refractivity (Wildman–Crippen MR) is 76.3 cm³/mol. The van der Waals surface area contributed by atoms with Gasteiger partial charge < -0.3 is 15.4 Å². The molecule has 1 aromatic heterocycles. The van der Waals surface area contributed by atoms with Gasteiger partial charge in [-0.25, -0.2) is 9.78 Å². The minimum Gasteiger partial charge on any atom is -0.459 e. The van der Waals surface area contributed by atoms with Gasteiger partial charge in [0.25, 0.3) is 0 Å². The Morgan fingerprint density at radius 1 is 1.37 bits per heavy atom. The standard InChI is InChI=1S/C13H18N2O2.CH5N/c1-10(2)17-13(16)11-6-5-7-14-12(11)15-8-3-4-9-15;1-2/h5-7,10H,3-4,8-9H2,1-2H3;2H2,1H3. The van der Waals surface area contributed by atoms with Crippen LogP contribution in [0.3, 0.4) is 0 Å². The molecule has 0 aromatic carbocycles. The maximum Gasteiger partial charge on any atom is 0.342 e. The molecule has 1 aliphatic heterocycles. The van der Waals surface area contributed by atoms with Gasteiger partial charge in [0.1, 0.15) is 11.4 Å². The molecule has 1 fully saturated rings. The highest BCUT2D eigenvalue weighted by Crippen LogP contribution is 2.22. The molecule has 1 aromatic rings. The molecule has 0 bridgehead atoms. The lowest BCUT2D eigenvalue weighted by molar-refractivity contribution is 0.0378. The second kappa shape index (κ2) is 7.74. The first-order chi connectivity index (χ1) is 9.18. The molecule has 2 heterocycles. The molecule has 1 saturated heterocycles. The zero-order valence-corrected chi connectivity index (χ0v) is 11.9. The number of nitrogens with two attached hydrogens (primary N) is 1. The number of ether oxygens (including phenoxy) is 1.